The molecular weight excluding hydrogens is 432 g/mol. The fourth-order valence-electron chi connectivity index (χ4n) is 3.50. The van der Waals surface area contributed by atoms with Crippen molar-refractivity contribution in [3.8, 4) is 22.8 Å². The largest absolute Gasteiger partial charge is 0.454 e. The molecule has 0 aliphatic carbocycles. The lowest BCUT2D eigenvalue weighted by atomic mass is 10.0. The number of rotatable bonds is 4. The molecule has 1 aromatic heterocycles. The van der Waals surface area contributed by atoms with Crippen LogP contribution < -0.4 is 14.8 Å². The molecule has 5 rings (SSSR count). The van der Waals surface area contributed by atoms with E-state index in [9.17, 15) is 4.79 Å². The SMILES string of the molecule is CSc1ccccc1NC(=O)c1cc(-c2ccc3c(c2)OCO3)nc2ccccc12.Cl. The van der Waals surface area contributed by atoms with Gasteiger partial charge in [0.15, 0.2) is 11.5 Å². The predicted molar refractivity (Wildman–Crippen MR) is 127 cm³/mol. The molecule has 0 fully saturated rings. The van der Waals surface area contributed by atoms with E-state index >= 15 is 0 Å². The molecule has 2 heterocycles. The maximum Gasteiger partial charge on any atom is 0.256 e. The summed E-state index contributed by atoms with van der Waals surface area (Å²) in [6.07, 6.45) is 1.99. The van der Waals surface area contributed by atoms with Crippen molar-refractivity contribution in [3.63, 3.8) is 0 Å². The number of halogens is 1. The molecule has 4 aromatic rings. The fourth-order valence-corrected chi connectivity index (χ4v) is 4.06. The highest BCUT2D eigenvalue weighted by molar-refractivity contribution is 7.98. The minimum atomic E-state index is -0.169. The van der Waals surface area contributed by atoms with Gasteiger partial charge < -0.3 is 14.8 Å². The first-order valence-corrected chi connectivity index (χ1v) is 10.7. The van der Waals surface area contributed by atoms with Gasteiger partial charge in [0.2, 0.25) is 6.79 Å². The van der Waals surface area contributed by atoms with Crippen molar-refractivity contribution in [2.75, 3.05) is 18.4 Å². The zero-order valence-electron chi connectivity index (χ0n) is 16.6. The molecule has 0 radical (unpaired) electrons. The van der Waals surface area contributed by atoms with Crippen LogP contribution in [0.3, 0.4) is 0 Å². The quantitative estimate of drug-likeness (QED) is 0.385. The first-order valence-electron chi connectivity index (χ1n) is 9.47. The summed E-state index contributed by atoms with van der Waals surface area (Å²) in [5, 5.41) is 3.86. The Hall–Kier alpha value is -3.22. The number of hydrogen-bond acceptors (Lipinski definition) is 5. The monoisotopic (exact) mass is 450 g/mol. The zero-order chi connectivity index (χ0) is 20.5. The second kappa shape index (κ2) is 8.88. The van der Waals surface area contributed by atoms with Gasteiger partial charge in [0, 0.05) is 15.8 Å². The molecule has 3 aromatic carbocycles. The summed E-state index contributed by atoms with van der Waals surface area (Å²) >= 11 is 1.59. The fraction of sp³-hybridized carbons (Fsp3) is 0.0833. The number of nitrogens with zero attached hydrogens (tertiary/aromatic N) is 1. The van der Waals surface area contributed by atoms with Crippen molar-refractivity contribution in [1.29, 1.82) is 0 Å². The van der Waals surface area contributed by atoms with Crippen molar-refractivity contribution >= 4 is 46.7 Å². The molecule has 0 unspecified atom stereocenters. The number of pyridine rings is 1. The van der Waals surface area contributed by atoms with E-state index in [1.165, 1.54) is 0 Å². The van der Waals surface area contributed by atoms with E-state index in [0.717, 1.165) is 27.0 Å². The standard InChI is InChI=1S/C24H18N2O3S.ClH/c1-30-23-9-5-4-8-19(23)26-24(27)17-13-20(25-18-7-3-2-6-16(17)18)15-10-11-21-22(12-15)29-14-28-21;/h2-13H,14H2,1H3,(H,26,27);1H. The molecule has 0 bridgehead atoms. The van der Waals surface area contributed by atoms with Gasteiger partial charge in [0.05, 0.1) is 22.5 Å². The topological polar surface area (TPSA) is 60.5 Å². The van der Waals surface area contributed by atoms with Crippen LogP contribution in [0.1, 0.15) is 10.4 Å². The second-order valence-corrected chi connectivity index (χ2v) is 7.64. The number of carbonyl (C=O) groups is 1. The molecule has 0 atom stereocenters. The van der Waals surface area contributed by atoms with Crippen LogP contribution in [0.15, 0.2) is 77.7 Å². The Bertz CT molecular complexity index is 1280. The van der Waals surface area contributed by atoms with E-state index in [1.54, 1.807) is 11.8 Å². The lowest BCUT2D eigenvalue weighted by Crippen LogP contribution is -2.13. The molecule has 7 heteroatoms. The third-order valence-corrected chi connectivity index (χ3v) is 5.78. The first kappa shape index (κ1) is 21.0. The van der Waals surface area contributed by atoms with E-state index in [4.69, 9.17) is 14.5 Å². The highest BCUT2D eigenvalue weighted by atomic mass is 35.5. The number of ether oxygens (including phenoxy) is 2. The Morgan fingerprint density at radius 2 is 1.74 bits per heavy atom. The minimum absolute atomic E-state index is 0. The highest BCUT2D eigenvalue weighted by Gasteiger charge is 2.18. The van der Waals surface area contributed by atoms with Crippen molar-refractivity contribution in [1.82, 2.24) is 4.98 Å². The molecule has 0 spiro atoms. The third kappa shape index (κ3) is 4.04. The molecule has 1 N–H and O–H groups in total. The van der Waals surface area contributed by atoms with E-state index in [1.807, 2.05) is 79.1 Å². The number of thioether (sulfide) groups is 1. The van der Waals surface area contributed by atoms with Gasteiger partial charge in [0.25, 0.3) is 5.91 Å². The van der Waals surface area contributed by atoms with Crippen LogP contribution in [0.25, 0.3) is 22.2 Å². The summed E-state index contributed by atoms with van der Waals surface area (Å²) in [5.74, 6) is 1.23. The number of amides is 1. The average molecular weight is 451 g/mol. The van der Waals surface area contributed by atoms with Crippen molar-refractivity contribution in [2.24, 2.45) is 0 Å². The third-order valence-electron chi connectivity index (χ3n) is 4.98. The number of fused-ring (bicyclic) bond motifs is 2. The number of aromatic nitrogens is 1. The van der Waals surface area contributed by atoms with Crippen LogP contribution in [-0.2, 0) is 0 Å². The minimum Gasteiger partial charge on any atom is -0.454 e. The Morgan fingerprint density at radius 3 is 2.61 bits per heavy atom. The summed E-state index contributed by atoms with van der Waals surface area (Å²) in [5.41, 5.74) is 3.69. The highest BCUT2D eigenvalue weighted by Crippen LogP contribution is 2.36. The van der Waals surface area contributed by atoms with E-state index in [0.29, 0.717) is 22.8 Å². The molecule has 0 saturated carbocycles. The lowest BCUT2D eigenvalue weighted by molar-refractivity contribution is 0.102. The molecule has 5 nitrogen and oxygen atoms in total. The maximum atomic E-state index is 13.3. The summed E-state index contributed by atoms with van der Waals surface area (Å²) in [7, 11) is 0. The van der Waals surface area contributed by atoms with Crippen LogP contribution >= 0.6 is 24.2 Å². The Balaban J connectivity index is 0.00000231. The summed E-state index contributed by atoms with van der Waals surface area (Å²) < 4.78 is 10.9. The van der Waals surface area contributed by atoms with Gasteiger partial charge in [0.1, 0.15) is 0 Å². The van der Waals surface area contributed by atoms with Crippen molar-refractivity contribution < 1.29 is 14.3 Å². The van der Waals surface area contributed by atoms with Crippen LogP contribution in [0.5, 0.6) is 11.5 Å². The van der Waals surface area contributed by atoms with Gasteiger partial charge in [-0.25, -0.2) is 4.98 Å². The smallest absolute Gasteiger partial charge is 0.256 e. The van der Waals surface area contributed by atoms with Gasteiger partial charge in [-0.05, 0) is 48.7 Å². The van der Waals surface area contributed by atoms with Gasteiger partial charge in [-0.1, -0.05) is 30.3 Å². The Morgan fingerprint density at radius 1 is 0.968 bits per heavy atom. The van der Waals surface area contributed by atoms with Crippen molar-refractivity contribution in [2.45, 2.75) is 4.90 Å². The number of hydrogen-bond donors (Lipinski definition) is 1. The average Bonchev–Trinajstić information content (AvgIpc) is 3.26. The van der Waals surface area contributed by atoms with Crippen LogP contribution in [0.4, 0.5) is 5.69 Å². The molecule has 156 valence electrons. The van der Waals surface area contributed by atoms with Gasteiger partial charge >= 0.3 is 0 Å². The molecule has 1 amide bonds. The summed E-state index contributed by atoms with van der Waals surface area (Å²) in [6, 6.07) is 23.0. The number of benzene rings is 3. The summed E-state index contributed by atoms with van der Waals surface area (Å²) in [6.45, 7) is 0.215. The van der Waals surface area contributed by atoms with E-state index < -0.39 is 0 Å². The zero-order valence-corrected chi connectivity index (χ0v) is 18.3. The van der Waals surface area contributed by atoms with Gasteiger partial charge in [-0.3, -0.25) is 4.79 Å². The lowest BCUT2D eigenvalue weighted by Gasteiger charge is -2.12. The molecule has 1 aliphatic heterocycles. The number of nitrogens with one attached hydrogen (secondary N) is 1. The van der Waals surface area contributed by atoms with Gasteiger partial charge in [-0.15, -0.1) is 24.2 Å². The number of anilines is 1. The normalized spacial score (nSPS) is 11.8. The maximum absolute atomic E-state index is 13.3. The predicted octanol–water partition coefficient (Wildman–Crippen LogP) is 6.03. The summed E-state index contributed by atoms with van der Waals surface area (Å²) in [4.78, 5) is 19.1. The van der Waals surface area contributed by atoms with Crippen LogP contribution in [0.2, 0.25) is 0 Å². The van der Waals surface area contributed by atoms with Crippen LogP contribution in [0, 0.1) is 0 Å². The van der Waals surface area contributed by atoms with Gasteiger partial charge in [-0.2, -0.15) is 0 Å². The Labute approximate surface area is 190 Å². The van der Waals surface area contributed by atoms with Crippen LogP contribution in [-0.4, -0.2) is 23.9 Å². The van der Waals surface area contributed by atoms with E-state index in [2.05, 4.69) is 5.32 Å². The number of carbonyl (C=O) groups excluding carboxylic acids is 1. The first-order chi connectivity index (χ1) is 14.7. The Kier molecular flexibility index (Phi) is 6.02. The second-order valence-electron chi connectivity index (χ2n) is 6.79. The molecule has 0 saturated heterocycles. The van der Waals surface area contributed by atoms with Crippen molar-refractivity contribution in [3.05, 3.63) is 78.4 Å². The van der Waals surface area contributed by atoms with E-state index in [-0.39, 0.29) is 25.1 Å². The molecular formula is C24H19ClN2O3S. The molecule has 1 aliphatic rings. The number of para-hydroxylation sites is 2. The molecule has 31 heavy (non-hydrogen) atoms.